The Morgan fingerprint density at radius 2 is 2.10 bits per heavy atom. The molecule has 104 valence electrons. The highest BCUT2D eigenvalue weighted by Crippen LogP contribution is 2.48. The van der Waals surface area contributed by atoms with Crippen LogP contribution in [0.25, 0.3) is 10.9 Å². The van der Waals surface area contributed by atoms with E-state index in [2.05, 4.69) is 22.4 Å². The van der Waals surface area contributed by atoms with Gasteiger partial charge in [-0.2, -0.15) is 0 Å². The van der Waals surface area contributed by atoms with Gasteiger partial charge >= 0.3 is 0 Å². The van der Waals surface area contributed by atoms with E-state index in [0.29, 0.717) is 0 Å². The number of aromatic nitrogens is 1. The highest BCUT2D eigenvalue weighted by Gasteiger charge is 2.39. The van der Waals surface area contributed by atoms with Gasteiger partial charge in [-0.15, -0.1) is 0 Å². The number of rotatable bonds is 3. The molecule has 0 spiro atoms. The molecule has 3 nitrogen and oxygen atoms in total. The van der Waals surface area contributed by atoms with E-state index in [-0.39, 0.29) is 0 Å². The summed E-state index contributed by atoms with van der Waals surface area (Å²) in [7, 11) is 0. The Bertz CT molecular complexity index is 637. The quantitative estimate of drug-likeness (QED) is 0.834. The van der Waals surface area contributed by atoms with Crippen molar-refractivity contribution >= 4 is 22.4 Å². The van der Waals surface area contributed by atoms with Gasteiger partial charge in [-0.1, -0.05) is 6.42 Å². The number of hydrogen-bond donors (Lipinski definition) is 2. The van der Waals surface area contributed by atoms with Crippen molar-refractivity contribution in [2.45, 2.75) is 25.7 Å². The zero-order valence-corrected chi connectivity index (χ0v) is 11.7. The zero-order chi connectivity index (χ0) is 13.5. The second-order valence-electron chi connectivity index (χ2n) is 6.46. The lowest BCUT2D eigenvalue weighted by Crippen LogP contribution is -2.20. The number of nitrogens with one attached hydrogen (secondary N) is 1. The monoisotopic (exact) mass is 267 g/mol. The number of hydrogen-bond acceptors (Lipinski definition) is 3. The van der Waals surface area contributed by atoms with Gasteiger partial charge in [0.05, 0.1) is 5.52 Å². The molecule has 3 heteroatoms. The first-order chi connectivity index (χ1) is 9.78. The standard InChI is InChI=1S/C17H21N3/c18-15-4-5-16-13(9-15)3-6-17(20-16)19-10-14-8-11-1-2-12(14)7-11/h3-6,9,11-12,14H,1-2,7-8,10,18H2,(H,19,20). The summed E-state index contributed by atoms with van der Waals surface area (Å²) in [4.78, 5) is 4.67. The number of nitrogen functional groups attached to an aromatic ring is 1. The first kappa shape index (κ1) is 12.0. The maximum atomic E-state index is 5.79. The van der Waals surface area contributed by atoms with Gasteiger partial charge < -0.3 is 11.1 Å². The third-order valence-electron chi connectivity index (χ3n) is 5.14. The van der Waals surface area contributed by atoms with Crippen LogP contribution < -0.4 is 11.1 Å². The number of pyridine rings is 1. The van der Waals surface area contributed by atoms with Gasteiger partial charge in [0.25, 0.3) is 0 Å². The molecule has 2 aliphatic carbocycles. The summed E-state index contributed by atoms with van der Waals surface area (Å²) in [6.45, 7) is 1.08. The van der Waals surface area contributed by atoms with Crippen LogP contribution in [0.15, 0.2) is 30.3 Å². The molecule has 0 saturated heterocycles. The molecule has 2 saturated carbocycles. The predicted octanol–water partition coefficient (Wildman–Crippen LogP) is 3.67. The molecule has 2 bridgehead atoms. The van der Waals surface area contributed by atoms with Crippen molar-refractivity contribution in [3.8, 4) is 0 Å². The summed E-state index contributed by atoms with van der Waals surface area (Å²) in [6.07, 6.45) is 5.80. The van der Waals surface area contributed by atoms with Gasteiger partial charge in [-0.3, -0.25) is 0 Å². The molecule has 0 amide bonds. The van der Waals surface area contributed by atoms with Gasteiger partial charge in [0.15, 0.2) is 0 Å². The second-order valence-corrected chi connectivity index (χ2v) is 6.46. The lowest BCUT2D eigenvalue weighted by atomic mass is 9.89. The number of benzene rings is 1. The van der Waals surface area contributed by atoms with Crippen LogP contribution in [0, 0.1) is 17.8 Å². The predicted molar refractivity (Wildman–Crippen MR) is 83.6 cm³/mol. The van der Waals surface area contributed by atoms with Crippen LogP contribution in [0.3, 0.4) is 0 Å². The van der Waals surface area contributed by atoms with Crippen molar-refractivity contribution in [3.05, 3.63) is 30.3 Å². The van der Waals surface area contributed by atoms with E-state index < -0.39 is 0 Å². The molecular formula is C17H21N3. The van der Waals surface area contributed by atoms with E-state index in [4.69, 9.17) is 5.73 Å². The summed E-state index contributed by atoms with van der Waals surface area (Å²) < 4.78 is 0. The molecule has 3 N–H and O–H groups in total. The molecule has 4 rings (SSSR count). The topological polar surface area (TPSA) is 50.9 Å². The van der Waals surface area contributed by atoms with Crippen LogP contribution in [0.2, 0.25) is 0 Å². The normalized spacial score (nSPS) is 28.1. The van der Waals surface area contributed by atoms with Gasteiger partial charge in [0, 0.05) is 17.6 Å². The minimum Gasteiger partial charge on any atom is -0.399 e. The Morgan fingerprint density at radius 3 is 2.90 bits per heavy atom. The van der Waals surface area contributed by atoms with Crippen molar-refractivity contribution in [1.29, 1.82) is 0 Å². The Kier molecular flexibility index (Phi) is 2.79. The van der Waals surface area contributed by atoms with Crippen LogP contribution in [-0.2, 0) is 0 Å². The van der Waals surface area contributed by atoms with Gasteiger partial charge in [-0.25, -0.2) is 4.98 Å². The Balaban J connectivity index is 1.47. The Morgan fingerprint density at radius 1 is 1.15 bits per heavy atom. The molecule has 2 aromatic rings. The molecule has 3 unspecified atom stereocenters. The summed E-state index contributed by atoms with van der Waals surface area (Å²) in [5.74, 6) is 3.83. The van der Waals surface area contributed by atoms with Gasteiger partial charge in [-0.05, 0) is 67.3 Å². The molecule has 2 fully saturated rings. The molecule has 1 heterocycles. The Hall–Kier alpha value is -1.77. The van der Waals surface area contributed by atoms with Crippen molar-refractivity contribution in [1.82, 2.24) is 4.98 Å². The van der Waals surface area contributed by atoms with Gasteiger partial charge in [0.2, 0.25) is 0 Å². The molecular weight excluding hydrogens is 246 g/mol. The van der Waals surface area contributed by atoms with Gasteiger partial charge in [0.1, 0.15) is 5.82 Å². The fraction of sp³-hybridized carbons (Fsp3) is 0.471. The van der Waals surface area contributed by atoms with Crippen LogP contribution in [-0.4, -0.2) is 11.5 Å². The highest BCUT2D eigenvalue weighted by molar-refractivity contribution is 5.83. The highest BCUT2D eigenvalue weighted by atomic mass is 15.0. The van der Waals surface area contributed by atoms with Crippen molar-refractivity contribution in [2.75, 3.05) is 17.6 Å². The summed E-state index contributed by atoms with van der Waals surface area (Å²) >= 11 is 0. The summed E-state index contributed by atoms with van der Waals surface area (Å²) in [6, 6.07) is 10.0. The molecule has 2 aliphatic rings. The average molecular weight is 267 g/mol. The largest absolute Gasteiger partial charge is 0.399 e. The lowest BCUT2D eigenvalue weighted by Gasteiger charge is -2.22. The van der Waals surface area contributed by atoms with E-state index in [9.17, 15) is 0 Å². The maximum absolute atomic E-state index is 5.79. The SMILES string of the molecule is Nc1ccc2nc(NCC3CC4CCC3C4)ccc2c1. The molecule has 0 aliphatic heterocycles. The first-order valence-corrected chi connectivity index (χ1v) is 7.68. The van der Waals surface area contributed by atoms with E-state index >= 15 is 0 Å². The molecule has 1 aromatic heterocycles. The van der Waals surface area contributed by atoms with E-state index in [1.807, 2.05) is 18.2 Å². The molecule has 20 heavy (non-hydrogen) atoms. The lowest BCUT2D eigenvalue weighted by molar-refractivity contribution is 0.348. The average Bonchev–Trinajstić information content (AvgIpc) is 3.07. The summed E-state index contributed by atoms with van der Waals surface area (Å²) in [5.41, 5.74) is 7.60. The van der Waals surface area contributed by atoms with Crippen LogP contribution >= 0.6 is 0 Å². The number of nitrogens with two attached hydrogens (primary N) is 1. The fourth-order valence-electron chi connectivity index (χ4n) is 4.10. The maximum Gasteiger partial charge on any atom is 0.126 e. The smallest absolute Gasteiger partial charge is 0.126 e. The van der Waals surface area contributed by atoms with Crippen LogP contribution in [0.5, 0.6) is 0 Å². The molecule has 3 atom stereocenters. The van der Waals surface area contributed by atoms with Crippen molar-refractivity contribution in [3.63, 3.8) is 0 Å². The molecule has 0 radical (unpaired) electrons. The molecule has 1 aromatic carbocycles. The van der Waals surface area contributed by atoms with Crippen molar-refractivity contribution < 1.29 is 0 Å². The van der Waals surface area contributed by atoms with Crippen LogP contribution in [0.4, 0.5) is 11.5 Å². The number of fused-ring (bicyclic) bond motifs is 3. The van der Waals surface area contributed by atoms with Crippen LogP contribution in [0.1, 0.15) is 25.7 Å². The Labute approximate surface area is 119 Å². The van der Waals surface area contributed by atoms with Crippen molar-refractivity contribution in [2.24, 2.45) is 17.8 Å². The number of anilines is 2. The van der Waals surface area contributed by atoms with E-state index in [1.54, 1.807) is 0 Å². The zero-order valence-electron chi connectivity index (χ0n) is 11.7. The minimum atomic E-state index is 0.794. The van der Waals surface area contributed by atoms with E-state index in [1.165, 1.54) is 25.7 Å². The number of nitrogens with zero attached hydrogens (tertiary/aromatic N) is 1. The second kappa shape index (κ2) is 4.65. The van der Waals surface area contributed by atoms with E-state index in [0.717, 1.165) is 46.7 Å². The fourth-order valence-corrected chi connectivity index (χ4v) is 4.10. The third kappa shape index (κ3) is 2.11. The third-order valence-corrected chi connectivity index (χ3v) is 5.14. The first-order valence-electron chi connectivity index (χ1n) is 7.68. The summed E-state index contributed by atoms with van der Waals surface area (Å²) in [5, 5.41) is 4.64. The minimum absolute atomic E-state index is 0.794.